The Hall–Kier alpha value is -2.08. The molecule has 1 atom stereocenters. The van der Waals surface area contributed by atoms with E-state index in [1.165, 1.54) is 23.2 Å². The van der Waals surface area contributed by atoms with Crippen molar-refractivity contribution in [3.63, 3.8) is 0 Å². The van der Waals surface area contributed by atoms with E-state index in [0.29, 0.717) is 6.54 Å². The quantitative estimate of drug-likeness (QED) is 0.774. The molecule has 6 nitrogen and oxygen atoms in total. The van der Waals surface area contributed by atoms with E-state index in [4.69, 9.17) is 0 Å². The van der Waals surface area contributed by atoms with Crippen LogP contribution in [0.4, 0.5) is 5.69 Å². The van der Waals surface area contributed by atoms with Crippen LogP contribution in [-0.4, -0.2) is 57.0 Å². The van der Waals surface area contributed by atoms with E-state index in [0.717, 1.165) is 38.6 Å². The number of rotatable bonds is 5. The zero-order valence-electron chi connectivity index (χ0n) is 16.8. The van der Waals surface area contributed by atoms with Crippen LogP contribution in [0.5, 0.6) is 0 Å². The highest BCUT2D eigenvalue weighted by Crippen LogP contribution is 2.30. The first kappa shape index (κ1) is 19.7. The van der Waals surface area contributed by atoms with Crippen molar-refractivity contribution < 1.29 is 9.59 Å². The summed E-state index contributed by atoms with van der Waals surface area (Å²) in [4.78, 5) is 28.8. The van der Waals surface area contributed by atoms with E-state index in [1.54, 1.807) is 0 Å². The van der Waals surface area contributed by atoms with Gasteiger partial charge in [0.05, 0.1) is 6.04 Å². The molecule has 0 spiro atoms. The molecule has 0 saturated heterocycles. The fourth-order valence-corrected chi connectivity index (χ4v) is 4.16. The van der Waals surface area contributed by atoms with Crippen molar-refractivity contribution in [3.05, 3.63) is 29.3 Å². The van der Waals surface area contributed by atoms with Crippen LogP contribution < -0.4 is 15.5 Å². The van der Waals surface area contributed by atoms with Crippen LogP contribution in [0.1, 0.15) is 49.3 Å². The topological polar surface area (TPSA) is 64.7 Å². The van der Waals surface area contributed by atoms with Crippen LogP contribution >= 0.6 is 0 Å². The highest BCUT2D eigenvalue weighted by Gasteiger charge is 2.23. The Kier molecular flexibility index (Phi) is 6.37. The minimum atomic E-state index is -0.534. The van der Waals surface area contributed by atoms with Gasteiger partial charge >= 0.3 is 11.8 Å². The summed E-state index contributed by atoms with van der Waals surface area (Å²) < 4.78 is 0. The molecule has 1 aromatic carbocycles. The summed E-state index contributed by atoms with van der Waals surface area (Å²) in [6.45, 7) is 1.46. The van der Waals surface area contributed by atoms with Gasteiger partial charge in [-0.15, -0.1) is 0 Å². The average molecular weight is 373 g/mol. The molecule has 1 aromatic rings. The molecule has 0 aromatic heterocycles. The molecule has 1 aliphatic heterocycles. The first-order valence-corrected chi connectivity index (χ1v) is 10.0. The Morgan fingerprint density at radius 2 is 1.93 bits per heavy atom. The molecular weight excluding hydrogens is 340 g/mol. The van der Waals surface area contributed by atoms with Gasteiger partial charge in [-0.25, -0.2) is 0 Å². The fraction of sp³-hybridized carbons (Fsp3) is 0.619. The molecule has 148 valence electrons. The maximum atomic E-state index is 12.3. The molecular formula is C21H32N4O2. The molecule has 2 N–H and O–H groups in total. The highest BCUT2D eigenvalue weighted by molar-refractivity contribution is 6.35. The molecule has 0 unspecified atom stereocenters. The van der Waals surface area contributed by atoms with Gasteiger partial charge in [-0.1, -0.05) is 31.4 Å². The lowest BCUT2D eigenvalue weighted by molar-refractivity contribution is -0.139. The highest BCUT2D eigenvalue weighted by atomic mass is 16.2. The van der Waals surface area contributed by atoms with Gasteiger partial charge in [0.15, 0.2) is 0 Å². The van der Waals surface area contributed by atoms with Crippen molar-refractivity contribution in [2.45, 2.75) is 50.6 Å². The van der Waals surface area contributed by atoms with E-state index < -0.39 is 11.8 Å². The number of nitrogens with zero attached hydrogens (tertiary/aromatic N) is 2. The molecule has 0 bridgehead atoms. The summed E-state index contributed by atoms with van der Waals surface area (Å²) in [5.41, 5.74) is 3.80. The van der Waals surface area contributed by atoms with E-state index >= 15 is 0 Å². The van der Waals surface area contributed by atoms with E-state index in [1.807, 2.05) is 14.1 Å². The maximum Gasteiger partial charge on any atom is 0.309 e. The summed E-state index contributed by atoms with van der Waals surface area (Å²) in [6, 6.07) is 6.70. The number of amides is 2. The lowest BCUT2D eigenvalue weighted by atomic mass is 9.95. The van der Waals surface area contributed by atoms with E-state index in [9.17, 15) is 9.59 Å². The Balaban J connectivity index is 1.58. The molecule has 1 fully saturated rings. The standard InChI is InChI=1S/C21H32N4O2/c1-24(2)19(15-9-10-18-16(13-15)11-12-25(18)3)14-22-20(26)21(27)23-17-7-5-4-6-8-17/h9-10,13,17,19H,4-8,11-12,14H2,1-3H3,(H,22,26)(H,23,27)/t19-/m0/s1. The predicted molar refractivity (Wildman–Crippen MR) is 108 cm³/mol. The molecule has 6 heteroatoms. The minimum absolute atomic E-state index is 0.0348. The van der Waals surface area contributed by atoms with Gasteiger partial charge < -0.3 is 20.4 Å². The molecule has 2 amide bonds. The number of benzene rings is 1. The van der Waals surface area contributed by atoms with Crippen molar-refractivity contribution in [2.75, 3.05) is 39.1 Å². The van der Waals surface area contributed by atoms with Crippen LogP contribution in [-0.2, 0) is 16.0 Å². The SMILES string of the molecule is CN1CCc2cc([C@H](CNC(=O)C(=O)NC3CCCCC3)N(C)C)ccc21. The Bertz CT molecular complexity index is 683. The Morgan fingerprint density at radius 1 is 1.19 bits per heavy atom. The summed E-state index contributed by atoms with van der Waals surface area (Å²) in [5, 5.41) is 5.71. The fourth-order valence-electron chi connectivity index (χ4n) is 4.16. The van der Waals surface area contributed by atoms with E-state index in [-0.39, 0.29) is 12.1 Å². The molecule has 27 heavy (non-hydrogen) atoms. The second-order valence-corrected chi connectivity index (χ2v) is 8.06. The van der Waals surface area contributed by atoms with Crippen LogP contribution in [0, 0.1) is 0 Å². The Labute approximate surface area is 162 Å². The summed E-state index contributed by atoms with van der Waals surface area (Å²) in [5.74, 6) is -1.04. The predicted octanol–water partition coefficient (Wildman–Crippen LogP) is 1.85. The monoisotopic (exact) mass is 372 g/mol. The van der Waals surface area contributed by atoms with Gasteiger partial charge in [0.1, 0.15) is 0 Å². The first-order valence-electron chi connectivity index (χ1n) is 10.0. The lowest BCUT2D eigenvalue weighted by Gasteiger charge is -2.26. The molecule has 3 rings (SSSR count). The number of fused-ring (bicyclic) bond motifs is 1. The first-order chi connectivity index (χ1) is 13.0. The lowest BCUT2D eigenvalue weighted by Crippen LogP contribution is -2.46. The number of nitrogens with one attached hydrogen (secondary N) is 2. The number of carbonyl (C=O) groups is 2. The van der Waals surface area contributed by atoms with Gasteiger partial charge in [-0.2, -0.15) is 0 Å². The third kappa shape index (κ3) is 4.80. The summed E-state index contributed by atoms with van der Waals surface area (Å²) in [6.07, 6.45) is 6.48. The smallest absolute Gasteiger partial charge is 0.309 e. The van der Waals surface area contributed by atoms with Gasteiger partial charge in [0.2, 0.25) is 0 Å². The maximum absolute atomic E-state index is 12.3. The van der Waals surface area contributed by atoms with Crippen molar-refractivity contribution >= 4 is 17.5 Å². The number of anilines is 1. The van der Waals surface area contributed by atoms with Gasteiger partial charge in [-0.3, -0.25) is 9.59 Å². The molecule has 1 saturated carbocycles. The average Bonchev–Trinajstić information content (AvgIpc) is 3.02. The van der Waals surface area contributed by atoms with Crippen LogP contribution in [0.25, 0.3) is 0 Å². The third-order valence-corrected chi connectivity index (χ3v) is 5.84. The van der Waals surface area contributed by atoms with Gasteiger partial charge in [0.25, 0.3) is 0 Å². The van der Waals surface area contributed by atoms with Gasteiger partial charge in [0, 0.05) is 31.9 Å². The van der Waals surface area contributed by atoms with E-state index in [2.05, 4.69) is 45.7 Å². The van der Waals surface area contributed by atoms with Crippen molar-refractivity contribution in [2.24, 2.45) is 0 Å². The van der Waals surface area contributed by atoms with Crippen LogP contribution in [0.3, 0.4) is 0 Å². The zero-order valence-corrected chi connectivity index (χ0v) is 16.8. The molecule has 2 aliphatic rings. The summed E-state index contributed by atoms with van der Waals surface area (Å²) >= 11 is 0. The summed E-state index contributed by atoms with van der Waals surface area (Å²) in [7, 11) is 6.11. The number of likely N-dealkylation sites (N-methyl/N-ethyl adjacent to an activating group) is 2. The van der Waals surface area contributed by atoms with Crippen molar-refractivity contribution in [3.8, 4) is 0 Å². The molecule has 0 radical (unpaired) electrons. The van der Waals surface area contributed by atoms with Gasteiger partial charge in [-0.05, 0) is 50.6 Å². The molecule has 1 aliphatic carbocycles. The van der Waals surface area contributed by atoms with Crippen LogP contribution in [0.2, 0.25) is 0 Å². The Morgan fingerprint density at radius 3 is 2.63 bits per heavy atom. The largest absolute Gasteiger partial charge is 0.374 e. The zero-order chi connectivity index (χ0) is 19.4. The second-order valence-electron chi connectivity index (χ2n) is 8.06. The number of hydrogen-bond donors (Lipinski definition) is 2. The van der Waals surface area contributed by atoms with Crippen molar-refractivity contribution in [1.82, 2.24) is 15.5 Å². The third-order valence-electron chi connectivity index (χ3n) is 5.84. The van der Waals surface area contributed by atoms with Crippen molar-refractivity contribution in [1.29, 1.82) is 0 Å². The number of hydrogen-bond acceptors (Lipinski definition) is 4. The molecule has 1 heterocycles. The normalized spacial score (nSPS) is 18.3. The second kappa shape index (κ2) is 8.74. The minimum Gasteiger partial charge on any atom is -0.374 e. The van der Waals surface area contributed by atoms with Crippen LogP contribution in [0.15, 0.2) is 18.2 Å². The number of carbonyl (C=O) groups excluding carboxylic acids is 2.